The molecule has 94 valence electrons. The summed E-state index contributed by atoms with van der Waals surface area (Å²) in [5, 5.41) is 9.52. The lowest BCUT2D eigenvalue weighted by Crippen LogP contribution is -1.99. The van der Waals surface area contributed by atoms with Crippen LogP contribution in [0.3, 0.4) is 0 Å². The summed E-state index contributed by atoms with van der Waals surface area (Å²) in [4.78, 5) is 3.92. The first-order chi connectivity index (χ1) is 8.58. The van der Waals surface area contributed by atoms with Crippen LogP contribution in [0.15, 0.2) is 36.5 Å². The molecule has 0 aliphatic rings. The number of hydrogen-bond donors (Lipinski definition) is 1. The van der Waals surface area contributed by atoms with Crippen molar-refractivity contribution in [1.29, 1.82) is 0 Å². The minimum Gasteiger partial charge on any atom is -0.436 e. The van der Waals surface area contributed by atoms with Gasteiger partial charge in [0.25, 0.3) is 0 Å². The van der Waals surface area contributed by atoms with E-state index in [0.29, 0.717) is 5.56 Å². The van der Waals surface area contributed by atoms with Gasteiger partial charge in [-0.3, -0.25) is 0 Å². The molecule has 0 aliphatic heterocycles. The quantitative estimate of drug-likeness (QED) is 0.910. The Labute approximate surface area is 103 Å². The summed E-state index contributed by atoms with van der Waals surface area (Å²) in [7, 11) is 0. The Morgan fingerprint density at radius 3 is 2.72 bits per heavy atom. The number of aromatic nitrogens is 1. The van der Waals surface area contributed by atoms with Crippen LogP contribution in [0.4, 0.5) is 8.78 Å². The first kappa shape index (κ1) is 12.4. The highest BCUT2D eigenvalue weighted by molar-refractivity contribution is 5.34. The average Bonchev–Trinajstić information content (AvgIpc) is 2.33. The van der Waals surface area contributed by atoms with Crippen molar-refractivity contribution < 1.29 is 18.6 Å². The van der Waals surface area contributed by atoms with Crippen LogP contribution in [-0.4, -0.2) is 10.1 Å². The molecule has 0 spiro atoms. The summed E-state index contributed by atoms with van der Waals surface area (Å²) in [6.45, 7) is 1.55. The molecule has 0 saturated carbocycles. The molecular weight excluding hydrogens is 240 g/mol. The van der Waals surface area contributed by atoms with Crippen LogP contribution < -0.4 is 4.74 Å². The predicted molar refractivity (Wildman–Crippen MR) is 61.3 cm³/mol. The number of benzene rings is 1. The molecule has 18 heavy (non-hydrogen) atoms. The lowest BCUT2D eigenvalue weighted by atomic mass is 10.2. The van der Waals surface area contributed by atoms with E-state index in [1.54, 1.807) is 19.1 Å². The third kappa shape index (κ3) is 2.62. The summed E-state index contributed by atoms with van der Waals surface area (Å²) in [5.41, 5.74) is 0.432. The zero-order valence-corrected chi connectivity index (χ0v) is 9.60. The number of aliphatic hydroxyl groups is 1. The molecule has 0 radical (unpaired) electrons. The first-order valence-electron chi connectivity index (χ1n) is 5.34. The van der Waals surface area contributed by atoms with Crippen molar-refractivity contribution in [3.05, 3.63) is 53.7 Å². The maximum atomic E-state index is 13.4. The number of aliphatic hydroxyl groups excluding tert-OH is 1. The van der Waals surface area contributed by atoms with E-state index in [-0.39, 0.29) is 11.6 Å². The van der Waals surface area contributed by atoms with E-state index in [0.717, 1.165) is 12.1 Å². The number of nitrogens with zero attached hydrogens (tertiary/aromatic N) is 1. The third-order valence-electron chi connectivity index (χ3n) is 2.35. The van der Waals surface area contributed by atoms with Crippen LogP contribution in [0.1, 0.15) is 18.6 Å². The first-order valence-corrected chi connectivity index (χ1v) is 5.34. The fourth-order valence-electron chi connectivity index (χ4n) is 1.47. The molecule has 5 heteroatoms. The average molecular weight is 251 g/mol. The molecule has 0 bridgehead atoms. The van der Waals surface area contributed by atoms with Gasteiger partial charge < -0.3 is 9.84 Å². The van der Waals surface area contributed by atoms with Gasteiger partial charge in [-0.05, 0) is 31.2 Å². The number of pyridine rings is 1. The van der Waals surface area contributed by atoms with E-state index in [9.17, 15) is 13.9 Å². The minimum atomic E-state index is -0.822. The van der Waals surface area contributed by atoms with Gasteiger partial charge in [0.05, 0.1) is 6.10 Å². The van der Waals surface area contributed by atoms with Crippen LogP contribution in [-0.2, 0) is 0 Å². The zero-order chi connectivity index (χ0) is 13.1. The fourth-order valence-corrected chi connectivity index (χ4v) is 1.47. The molecule has 1 N–H and O–H groups in total. The molecule has 1 aromatic heterocycles. The van der Waals surface area contributed by atoms with Crippen molar-refractivity contribution in [2.75, 3.05) is 0 Å². The highest BCUT2D eigenvalue weighted by Gasteiger charge is 2.13. The van der Waals surface area contributed by atoms with E-state index < -0.39 is 17.7 Å². The molecular formula is C13H11F2NO2. The molecule has 2 aromatic rings. The molecule has 0 aliphatic carbocycles. The fraction of sp³-hybridized carbons (Fsp3) is 0.154. The Morgan fingerprint density at radius 2 is 2.06 bits per heavy atom. The van der Waals surface area contributed by atoms with Gasteiger partial charge in [0.15, 0.2) is 11.6 Å². The highest BCUT2D eigenvalue weighted by atomic mass is 19.1. The molecule has 1 atom stereocenters. The largest absolute Gasteiger partial charge is 0.436 e. The van der Waals surface area contributed by atoms with E-state index >= 15 is 0 Å². The number of hydrogen-bond acceptors (Lipinski definition) is 3. The van der Waals surface area contributed by atoms with E-state index in [1.807, 2.05) is 0 Å². The molecule has 1 heterocycles. The Balaban J connectivity index is 2.34. The van der Waals surface area contributed by atoms with Crippen molar-refractivity contribution in [3.63, 3.8) is 0 Å². The summed E-state index contributed by atoms with van der Waals surface area (Å²) in [5.74, 6) is -1.55. The zero-order valence-electron chi connectivity index (χ0n) is 9.60. The molecule has 0 amide bonds. The van der Waals surface area contributed by atoms with Crippen LogP contribution in [0.2, 0.25) is 0 Å². The third-order valence-corrected chi connectivity index (χ3v) is 2.35. The Kier molecular flexibility index (Phi) is 3.53. The van der Waals surface area contributed by atoms with Crippen LogP contribution in [0.25, 0.3) is 0 Å². The Hall–Kier alpha value is -2.01. The Morgan fingerprint density at radius 1 is 1.28 bits per heavy atom. The highest BCUT2D eigenvalue weighted by Crippen LogP contribution is 2.28. The molecule has 3 nitrogen and oxygen atoms in total. The second kappa shape index (κ2) is 5.10. The standard InChI is InChI=1S/C13H11F2NO2/c1-8(17)10-3-2-6-16-13(10)18-12-5-4-9(14)7-11(12)15/h2-8,17H,1H3. The van der Waals surface area contributed by atoms with Gasteiger partial charge in [-0.1, -0.05) is 0 Å². The number of ether oxygens (including phenoxy) is 1. The summed E-state index contributed by atoms with van der Waals surface area (Å²) in [6, 6.07) is 6.24. The van der Waals surface area contributed by atoms with Crippen LogP contribution >= 0.6 is 0 Å². The van der Waals surface area contributed by atoms with Crippen molar-refractivity contribution in [2.45, 2.75) is 13.0 Å². The number of rotatable bonds is 3. The topological polar surface area (TPSA) is 42.4 Å². The van der Waals surface area contributed by atoms with Gasteiger partial charge in [-0.15, -0.1) is 0 Å². The molecule has 1 aromatic carbocycles. The second-order valence-electron chi connectivity index (χ2n) is 3.75. The molecule has 0 fully saturated rings. The maximum absolute atomic E-state index is 13.4. The smallest absolute Gasteiger partial charge is 0.225 e. The van der Waals surface area contributed by atoms with Gasteiger partial charge in [0.2, 0.25) is 5.88 Å². The van der Waals surface area contributed by atoms with Crippen LogP contribution in [0.5, 0.6) is 11.6 Å². The van der Waals surface area contributed by atoms with Gasteiger partial charge in [0, 0.05) is 17.8 Å². The monoisotopic (exact) mass is 251 g/mol. The second-order valence-corrected chi connectivity index (χ2v) is 3.75. The van der Waals surface area contributed by atoms with E-state index in [1.165, 1.54) is 12.3 Å². The summed E-state index contributed by atoms with van der Waals surface area (Å²) in [6.07, 6.45) is 0.667. The van der Waals surface area contributed by atoms with Crippen molar-refractivity contribution in [2.24, 2.45) is 0 Å². The van der Waals surface area contributed by atoms with Crippen molar-refractivity contribution in [3.8, 4) is 11.6 Å². The molecule has 2 rings (SSSR count). The van der Waals surface area contributed by atoms with Gasteiger partial charge in [0.1, 0.15) is 5.82 Å². The van der Waals surface area contributed by atoms with Crippen LogP contribution in [0, 0.1) is 11.6 Å². The van der Waals surface area contributed by atoms with E-state index in [4.69, 9.17) is 4.74 Å². The maximum Gasteiger partial charge on any atom is 0.225 e. The lowest BCUT2D eigenvalue weighted by Gasteiger charge is -2.11. The van der Waals surface area contributed by atoms with Gasteiger partial charge >= 0.3 is 0 Å². The van der Waals surface area contributed by atoms with Gasteiger partial charge in [-0.25, -0.2) is 13.8 Å². The van der Waals surface area contributed by atoms with E-state index in [2.05, 4.69) is 4.98 Å². The Bertz CT molecular complexity index is 558. The van der Waals surface area contributed by atoms with Crippen molar-refractivity contribution >= 4 is 0 Å². The minimum absolute atomic E-state index is 0.0954. The number of halogens is 2. The normalized spacial score (nSPS) is 12.2. The van der Waals surface area contributed by atoms with Crippen molar-refractivity contribution in [1.82, 2.24) is 4.98 Å². The summed E-state index contributed by atoms with van der Waals surface area (Å²) < 4.78 is 31.4. The predicted octanol–water partition coefficient (Wildman–Crippen LogP) is 3.21. The van der Waals surface area contributed by atoms with Gasteiger partial charge in [-0.2, -0.15) is 0 Å². The molecule has 1 unspecified atom stereocenters. The SMILES string of the molecule is CC(O)c1cccnc1Oc1ccc(F)cc1F. The summed E-state index contributed by atoms with van der Waals surface area (Å²) >= 11 is 0. The molecule has 0 saturated heterocycles. The lowest BCUT2D eigenvalue weighted by molar-refractivity contribution is 0.194.